The highest BCUT2D eigenvalue weighted by Gasteiger charge is 2.36. The molecule has 0 bridgehead atoms. The average Bonchev–Trinajstić information content (AvgIpc) is 2.68. The molecule has 1 fully saturated rings. The number of rotatable bonds is 5. The third-order valence-electron chi connectivity index (χ3n) is 5.16. The summed E-state index contributed by atoms with van der Waals surface area (Å²) < 4.78 is 0. The smallest absolute Gasteiger partial charge is 0.292 e. The number of carbonyl (C=O) groups is 2. The van der Waals surface area contributed by atoms with E-state index in [-0.39, 0.29) is 5.41 Å². The highest BCUT2D eigenvalue weighted by molar-refractivity contribution is 6.42. The van der Waals surface area contributed by atoms with E-state index in [0.29, 0.717) is 12.1 Å². The first-order chi connectivity index (χ1) is 12.1. The number of amides is 1. The van der Waals surface area contributed by atoms with E-state index in [4.69, 9.17) is 0 Å². The van der Waals surface area contributed by atoms with Gasteiger partial charge in [0.05, 0.1) is 0 Å². The minimum Gasteiger partial charge on any atom is -0.348 e. The summed E-state index contributed by atoms with van der Waals surface area (Å²) in [6, 6.07) is 19.0. The molecule has 4 heteroatoms. The molecule has 4 nitrogen and oxygen atoms in total. The van der Waals surface area contributed by atoms with Crippen LogP contribution in [0.25, 0.3) is 0 Å². The highest BCUT2D eigenvalue weighted by atomic mass is 16.2. The molecule has 0 unspecified atom stereocenters. The molecule has 3 rings (SSSR count). The van der Waals surface area contributed by atoms with Crippen molar-refractivity contribution in [2.45, 2.75) is 18.3 Å². The van der Waals surface area contributed by atoms with Gasteiger partial charge in [0.25, 0.3) is 5.91 Å². The van der Waals surface area contributed by atoms with Crippen molar-refractivity contribution in [3.8, 4) is 0 Å². The van der Waals surface area contributed by atoms with Crippen LogP contribution in [0, 0.1) is 0 Å². The fourth-order valence-electron chi connectivity index (χ4n) is 3.46. The Hall–Kier alpha value is -2.46. The summed E-state index contributed by atoms with van der Waals surface area (Å²) in [7, 11) is 2.12. The van der Waals surface area contributed by atoms with Gasteiger partial charge in [-0.15, -0.1) is 0 Å². The molecule has 25 heavy (non-hydrogen) atoms. The first-order valence-electron chi connectivity index (χ1n) is 8.72. The second-order valence-electron chi connectivity index (χ2n) is 6.83. The monoisotopic (exact) mass is 336 g/mol. The third kappa shape index (κ3) is 3.97. The lowest BCUT2D eigenvalue weighted by Gasteiger charge is -2.41. The predicted molar refractivity (Wildman–Crippen MR) is 98.6 cm³/mol. The van der Waals surface area contributed by atoms with Crippen LogP contribution < -0.4 is 5.32 Å². The maximum atomic E-state index is 12.4. The van der Waals surface area contributed by atoms with E-state index >= 15 is 0 Å². The topological polar surface area (TPSA) is 49.4 Å². The molecule has 2 aromatic rings. The standard InChI is InChI=1S/C21H24N2O2/c1-23-14-12-21(13-15-23,18-10-6-3-7-11-18)16-22-20(25)19(24)17-8-4-2-5-9-17/h2-11H,12-16H2,1H3,(H,22,25). The Balaban J connectivity index is 1.73. The number of likely N-dealkylation sites (tertiary alicyclic amines) is 1. The van der Waals surface area contributed by atoms with Gasteiger partial charge in [-0.2, -0.15) is 0 Å². The number of carbonyl (C=O) groups excluding carboxylic acids is 2. The third-order valence-corrected chi connectivity index (χ3v) is 5.16. The molecular weight excluding hydrogens is 312 g/mol. The average molecular weight is 336 g/mol. The van der Waals surface area contributed by atoms with Gasteiger partial charge in [-0.25, -0.2) is 0 Å². The zero-order valence-electron chi connectivity index (χ0n) is 14.6. The lowest BCUT2D eigenvalue weighted by atomic mass is 9.72. The molecule has 0 aliphatic carbocycles. The van der Waals surface area contributed by atoms with Crippen molar-refractivity contribution in [1.29, 1.82) is 0 Å². The predicted octanol–water partition coefficient (Wildman–Crippen LogP) is 2.65. The Bertz CT molecular complexity index is 720. The minimum absolute atomic E-state index is 0.111. The molecule has 0 radical (unpaired) electrons. The number of hydrogen-bond acceptors (Lipinski definition) is 3. The van der Waals surface area contributed by atoms with Gasteiger partial charge in [0.1, 0.15) is 0 Å². The van der Waals surface area contributed by atoms with E-state index in [1.807, 2.05) is 24.3 Å². The Kier molecular flexibility index (Phi) is 5.29. The fourth-order valence-corrected chi connectivity index (χ4v) is 3.46. The van der Waals surface area contributed by atoms with E-state index in [1.165, 1.54) is 5.56 Å². The van der Waals surface area contributed by atoms with Crippen molar-refractivity contribution in [1.82, 2.24) is 10.2 Å². The molecule has 130 valence electrons. The summed E-state index contributed by atoms with van der Waals surface area (Å²) in [5.74, 6) is -1.00. The molecular formula is C21H24N2O2. The minimum atomic E-state index is -0.527. The molecule has 1 heterocycles. The van der Waals surface area contributed by atoms with Crippen molar-refractivity contribution < 1.29 is 9.59 Å². The maximum Gasteiger partial charge on any atom is 0.292 e. The summed E-state index contributed by atoms with van der Waals surface area (Å²) in [4.78, 5) is 26.9. The van der Waals surface area contributed by atoms with Crippen LogP contribution in [0.4, 0.5) is 0 Å². The molecule has 1 aliphatic heterocycles. The Morgan fingerprint density at radius 1 is 0.960 bits per heavy atom. The lowest BCUT2D eigenvalue weighted by molar-refractivity contribution is -0.117. The van der Waals surface area contributed by atoms with E-state index in [0.717, 1.165) is 25.9 Å². The van der Waals surface area contributed by atoms with Crippen molar-refractivity contribution in [3.63, 3.8) is 0 Å². The number of hydrogen-bond donors (Lipinski definition) is 1. The van der Waals surface area contributed by atoms with Crippen molar-refractivity contribution >= 4 is 11.7 Å². The first-order valence-corrected chi connectivity index (χ1v) is 8.72. The normalized spacial score (nSPS) is 17.0. The lowest BCUT2D eigenvalue weighted by Crippen LogP contribution is -2.49. The fraction of sp³-hybridized carbons (Fsp3) is 0.333. The van der Waals surface area contributed by atoms with Crippen LogP contribution in [0.5, 0.6) is 0 Å². The second-order valence-corrected chi connectivity index (χ2v) is 6.83. The maximum absolute atomic E-state index is 12.4. The first kappa shape index (κ1) is 17.4. The van der Waals surface area contributed by atoms with Gasteiger partial charge in [-0.05, 0) is 38.5 Å². The van der Waals surface area contributed by atoms with E-state index in [1.54, 1.807) is 24.3 Å². The number of Topliss-reactive ketones (excluding diaryl/α,β-unsaturated/α-hetero) is 1. The molecule has 1 amide bonds. The Morgan fingerprint density at radius 2 is 1.52 bits per heavy atom. The van der Waals surface area contributed by atoms with Crippen LogP contribution in [-0.4, -0.2) is 43.3 Å². The zero-order valence-corrected chi connectivity index (χ0v) is 14.6. The Morgan fingerprint density at radius 3 is 2.12 bits per heavy atom. The summed E-state index contributed by atoms with van der Waals surface area (Å²) in [5.41, 5.74) is 1.55. The molecule has 2 aromatic carbocycles. The van der Waals surface area contributed by atoms with Gasteiger partial charge in [0.2, 0.25) is 5.78 Å². The van der Waals surface area contributed by atoms with Crippen molar-refractivity contribution in [2.75, 3.05) is 26.7 Å². The van der Waals surface area contributed by atoms with Gasteiger partial charge >= 0.3 is 0 Å². The number of ketones is 1. The SMILES string of the molecule is CN1CCC(CNC(=O)C(=O)c2ccccc2)(c2ccccc2)CC1. The molecule has 1 aliphatic rings. The van der Waals surface area contributed by atoms with Crippen LogP contribution >= 0.6 is 0 Å². The van der Waals surface area contributed by atoms with Gasteiger partial charge in [-0.3, -0.25) is 9.59 Å². The van der Waals surface area contributed by atoms with Crippen molar-refractivity contribution in [2.24, 2.45) is 0 Å². The molecule has 1 saturated heterocycles. The largest absolute Gasteiger partial charge is 0.348 e. The van der Waals surface area contributed by atoms with Gasteiger partial charge < -0.3 is 10.2 Å². The van der Waals surface area contributed by atoms with Crippen LogP contribution in [0.1, 0.15) is 28.8 Å². The van der Waals surface area contributed by atoms with E-state index < -0.39 is 11.7 Å². The highest BCUT2D eigenvalue weighted by Crippen LogP contribution is 2.34. The molecule has 0 aromatic heterocycles. The number of nitrogens with one attached hydrogen (secondary N) is 1. The van der Waals surface area contributed by atoms with Crippen LogP contribution in [0.3, 0.4) is 0 Å². The van der Waals surface area contributed by atoms with Crippen LogP contribution in [0.15, 0.2) is 60.7 Å². The zero-order chi connectivity index (χ0) is 17.7. The van der Waals surface area contributed by atoms with Crippen LogP contribution in [-0.2, 0) is 10.2 Å². The quantitative estimate of drug-likeness (QED) is 0.674. The summed E-state index contributed by atoms with van der Waals surface area (Å²) in [6.45, 7) is 2.46. The summed E-state index contributed by atoms with van der Waals surface area (Å²) in [6.07, 6.45) is 1.93. The van der Waals surface area contributed by atoms with Gasteiger partial charge in [0.15, 0.2) is 0 Å². The second kappa shape index (κ2) is 7.62. The van der Waals surface area contributed by atoms with E-state index in [2.05, 4.69) is 29.4 Å². The van der Waals surface area contributed by atoms with Gasteiger partial charge in [0, 0.05) is 17.5 Å². The van der Waals surface area contributed by atoms with Gasteiger partial charge in [-0.1, -0.05) is 60.7 Å². The van der Waals surface area contributed by atoms with Crippen LogP contribution in [0.2, 0.25) is 0 Å². The number of benzene rings is 2. The van der Waals surface area contributed by atoms with Crippen molar-refractivity contribution in [3.05, 3.63) is 71.8 Å². The molecule has 0 atom stereocenters. The summed E-state index contributed by atoms with van der Waals surface area (Å²) in [5, 5.41) is 2.90. The number of piperidine rings is 1. The Labute approximate surface area is 148 Å². The number of nitrogens with zero attached hydrogens (tertiary/aromatic N) is 1. The summed E-state index contributed by atoms with van der Waals surface area (Å²) >= 11 is 0. The van der Waals surface area contributed by atoms with E-state index in [9.17, 15) is 9.59 Å². The molecule has 0 spiro atoms. The molecule has 1 N–H and O–H groups in total. The molecule has 0 saturated carbocycles.